The summed E-state index contributed by atoms with van der Waals surface area (Å²) in [5, 5.41) is 3.20. The van der Waals surface area contributed by atoms with Crippen molar-refractivity contribution in [1.29, 1.82) is 0 Å². The number of piperidine rings is 1. The van der Waals surface area contributed by atoms with Crippen LogP contribution in [0.4, 0.5) is 22.0 Å². The number of fused-ring (bicyclic) bond motifs is 2. The van der Waals surface area contributed by atoms with E-state index in [1.54, 1.807) is 11.8 Å². The second kappa shape index (κ2) is 8.30. The van der Waals surface area contributed by atoms with Crippen molar-refractivity contribution in [3.63, 3.8) is 0 Å². The summed E-state index contributed by atoms with van der Waals surface area (Å²) in [6.45, 7) is 2.67. The molecule has 1 spiro atoms. The van der Waals surface area contributed by atoms with E-state index in [2.05, 4.69) is 5.32 Å². The van der Waals surface area contributed by atoms with Crippen molar-refractivity contribution in [2.45, 2.75) is 57.2 Å². The molecule has 0 bridgehead atoms. The normalized spacial score (nSPS) is 24.4. The van der Waals surface area contributed by atoms with Gasteiger partial charge in [0, 0.05) is 19.1 Å². The summed E-state index contributed by atoms with van der Waals surface area (Å²) in [5.41, 5.74) is 0.263. The molecule has 5 rings (SSSR count). The number of nitrogens with zero attached hydrogens (tertiary/aromatic N) is 1. The first-order valence-corrected chi connectivity index (χ1v) is 11.4. The number of alkyl halides is 3. The van der Waals surface area contributed by atoms with Crippen molar-refractivity contribution in [3.05, 3.63) is 69.8 Å². The Morgan fingerprint density at radius 3 is 2.62 bits per heavy atom. The van der Waals surface area contributed by atoms with E-state index in [0.29, 0.717) is 35.2 Å². The molecule has 34 heavy (non-hydrogen) atoms. The first-order chi connectivity index (χ1) is 16.1. The molecule has 1 amide bonds. The Morgan fingerprint density at radius 2 is 1.91 bits per heavy atom. The minimum Gasteiger partial charge on any atom is -0.365 e. The van der Waals surface area contributed by atoms with E-state index in [1.165, 1.54) is 6.07 Å². The molecule has 2 aromatic rings. The number of ether oxygens (including phenoxy) is 1. The van der Waals surface area contributed by atoms with Crippen LogP contribution in [0.5, 0.6) is 0 Å². The van der Waals surface area contributed by atoms with Crippen molar-refractivity contribution in [1.82, 2.24) is 10.2 Å². The summed E-state index contributed by atoms with van der Waals surface area (Å²) < 4.78 is 74.0. The summed E-state index contributed by atoms with van der Waals surface area (Å²) in [5.74, 6) is -2.91. The molecule has 2 aromatic carbocycles. The van der Waals surface area contributed by atoms with Gasteiger partial charge in [0.1, 0.15) is 5.60 Å². The molecule has 0 radical (unpaired) electrons. The molecule has 2 aliphatic heterocycles. The SMILES string of the molecule is Cc1ccc(C(F)(F)F)cc1CN(C(=O)C1CNCCC12OCc1cc(F)c(F)cc12)C1CC1. The summed E-state index contributed by atoms with van der Waals surface area (Å²) in [6.07, 6.45) is -2.53. The van der Waals surface area contributed by atoms with Gasteiger partial charge in [-0.1, -0.05) is 6.07 Å². The molecule has 1 N–H and O–H groups in total. The van der Waals surface area contributed by atoms with Gasteiger partial charge in [0.05, 0.1) is 18.1 Å². The van der Waals surface area contributed by atoms with Crippen LogP contribution in [0.3, 0.4) is 0 Å². The molecule has 4 nitrogen and oxygen atoms in total. The molecular weight excluding hydrogens is 455 g/mol. The Bertz CT molecular complexity index is 1130. The van der Waals surface area contributed by atoms with Gasteiger partial charge in [-0.3, -0.25) is 4.79 Å². The van der Waals surface area contributed by atoms with Gasteiger partial charge in [0.25, 0.3) is 0 Å². The topological polar surface area (TPSA) is 41.6 Å². The third-order valence-electron chi connectivity index (χ3n) is 7.26. The lowest BCUT2D eigenvalue weighted by atomic mass is 9.75. The zero-order chi connectivity index (χ0) is 24.3. The molecule has 1 aliphatic carbocycles. The number of carbonyl (C=O) groups is 1. The molecule has 2 unspecified atom stereocenters. The van der Waals surface area contributed by atoms with Crippen LogP contribution in [0.1, 0.15) is 47.1 Å². The Morgan fingerprint density at radius 1 is 1.18 bits per heavy atom. The number of aryl methyl sites for hydroxylation is 1. The number of hydrogen-bond donors (Lipinski definition) is 1. The number of carbonyl (C=O) groups excluding carboxylic acids is 1. The van der Waals surface area contributed by atoms with E-state index in [0.717, 1.165) is 37.1 Å². The maximum absolute atomic E-state index is 14.2. The summed E-state index contributed by atoms with van der Waals surface area (Å²) in [7, 11) is 0. The highest BCUT2D eigenvalue weighted by Crippen LogP contribution is 2.48. The molecule has 182 valence electrons. The second-order valence-electron chi connectivity index (χ2n) is 9.44. The average Bonchev–Trinajstić information content (AvgIpc) is 3.58. The number of nitrogens with one attached hydrogen (secondary N) is 1. The zero-order valence-corrected chi connectivity index (χ0v) is 18.6. The van der Waals surface area contributed by atoms with E-state index >= 15 is 0 Å². The van der Waals surface area contributed by atoms with E-state index < -0.39 is 34.9 Å². The van der Waals surface area contributed by atoms with Crippen molar-refractivity contribution < 1.29 is 31.5 Å². The lowest BCUT2D eigenvalue weighted by Crippen LogP contribution is -2.55. The van der Waals surface area contributed by atoms with Crippen molar-refractivity contribution in [3.8, 4) is 0 Å². The lowest BCUT2D eigenvalue weighted by molar-refractivity contribution is -0.157. The molecular formula is C25H25F5N2O2. The third-order valence-corrected chi connectivity index (χ3v) is 7.26. The van der Waals surface area contributed by atoms with Crippen molar-refractivity contribution in [2.24, 2.45) is 5.92 Å². The van der Waals surface area contributed by atoms with Crippen LogP contribution in [0.2, 0.25) is 0 Å². The van der Waals surface area contributed by atoms with Gasteiger partial charge in [0.2, 0.25) is 5.91 Å². The van der Waals surface area contributed by atoms with Crippen LogP contribution in [0.25, 0.3) is 0 Å². The number of benzene rings is 2. The minimum atomic E-state index is -4.48. The van der Waals surface area contributed by atoms with Gasteiger partial charge in [-0.2, -0.15) is 13.2 Å². The van der Waals surface area contributed by atoms with Crippen LogP contribution < -0.4 is 5.32 Å². The molecule has 1 saturated carbocycles. The Labute approximate surface area is 194 Å². The van der Waals surface area contributed by atoms with Gasteiger partial charge in [-0.25, -0.2) is 8.78 Å². The first kappa shape index (κ1) is 23.2. The standard InChI is InChI=1S/C25H25F5N2O2/c1-14-2-3-17(25(28,29)30)8-15(14)12-32(18-4-5-18)23(33)20-11-31-7-6-24(20)19-10-22(27)21(26)9-16(19)13-34-24/h2-3,8-10,18,20,31H,4-7,11-13H2,1H3. The van der Waals surface area contributed by atoms with Crippen LogP contribution in [0, 0.1) is 24.5 Å². The molecule has 2 heterocycles. The highest BCUT2D eigenvalue weighted by Gasteiger charge is 2.53. The summed E-state index contributed by atoms with van der Waals surface area (Å²) in [4.78, 5) is 15.6. The second-order valence-corrected chi connectivity index (χ2v) is 9.44. The number of rotatable bonds is 4. The van der Waals surface area contributed by atoms with Crippen LogP contribution in [-0.2, 0) is 34.5 Å². The quantitative estimate of drug-likeness (QED) is 0.639. The molecule has 2 atom stereocenters. The average molecular weight is 480 g/mol. The van der Waals surface area contributed by atoms with E-state index in [-0.39, 0.29) is 31.6 Å². The fourth-order valence-corrected chi connectivity index (χ4v) is 5.20. The predicted octanol–water partition coefficient (Wildman–Crippen LogP) is 4.82. The van der Waals surface area contributed by atoms with Gasteiger partial charge in [-0.05, 0) is 79.3 Å². The number of hydrogen-bond acceptors (Lipinski definition) is 3. The number of amides is 1. The zero-order valence-electron chi connectivity index (χ0n) is 18.6. The molecule has 2 fully saturated rings. The fourth-order valence-electron chi connectivity index (χ4n) is 5.20. The Balaban J connectivity index is 1.49. The highest BCUT2D eigenvalue weighted by atomic mass is 19.4. The van der Waals surface area contributed by atoms with Gasteiger partial charge in [-0.15, -0.1) is 0 Å². The smallest absolute Gasteiger partial charge is 0.365 e. The third kappa shape index (κ3) is 3.98. The highest BCUT2D eigenvalue weighted by molar-refractivity contribution is 5.82. The number of halogens is 5. The summed E-state index contributed by atoms with van der Waals surface area (Å²) >= 11 is 0. The van der Waals surface area contributed by atoms with E-state index in [1.807, 2.05) is 0 Å². The van der Waals surface area contributed by atoms with Crippen LogP contribution in [-0.4, -0.2) is 29.9 Å². The van der Waals surface area contributed by atoms with Gasteiger partial charge >= 0.3 is 6.18 Å². The first-order valence-electron chi connectivity index (χ1n) is 11.4. The van der Waals surface area contributed by atoms with Gasteiger partial charge < -0.3 is 15.0 Å². The Kier molecular flexibility index (Phi) is 5.67. The lowest BCUT2D eigenvalue weighted by Gasteiger charge is -2.43. The fraction of sp³-hybridized carbons (Fsp3) is 0.480. The monoisotopic (exact) mass is 480 g/mol. The maximum atomic E-state index is 14.2. The van der Waals surface area contributed by atoms with Crippen LogP contribution in [0.15, 0.2) is 30.3 Å². The van der Waals surface area contributed by atoms with Gasteiger partial charge in [0.15, 0.2) is 11.6 Å². The van der Waals surface area contributed by atoms with Crippen LogP contribution >= 0.6 is 0 Å². The maximum Gasteiger partial charge on any atom is 0.416 e. The molecule has 0 aromatic heterocycles. The molecule has 3 aliphatic rings. The predicted molar refractivity (Wildman–Crippen MR) is 114 cm³/mol. The molecule has 9 heteroatoms. The van der Waals surface area contributed by atoms with Crippen molar-refractivity contribution in [2.75, 3.05) is 13.1 Å². The van der Waals surface area contributed by atoms with E-state index in [9.17, 15) is 26.7 Å². The van der Waals surface area contributed by atoms with Crippen molar-refractivity contribution >= 4 is 5.91 Å². The minimum absolute atomic E-state index is 0.0521. The summed E-state index contributed by atoms with van der Waals surface area (Å²) in [6, 6.07) is 5.75. The largest absolute Gasteiger partial charge is 0.416 e. The molecule has 1 saturated heterocycles. The van der Waals surface area contributed by atoms with E-state index in [4.69, 9.17) is 4.74 Å². The Hall–Kier alpha value is -2.52.